The maximum atomic E-state index is 10.00. The molecule has 2 aromatic heterocycles. The molecule has 0 saturated carbocycles. The highest BCUT2D eigenvalue weighted by molar-refractivity contribution is 6.05. The number of hydrogen-bond donors (Lipinski definition) is 0. The third-order valence-electron chi connectivity index (χ3n) is 8.59. The molecule has 0 aliphatic heterocycles. The van der Waals surface area contributed by atoms with Crippen molar-refractivity contribution in [1.82, 2.24) is 9.97 Å². The lowest BCUT2D eigenvalue weighted by Gasteiger charge is -2.14. The molecule has 0 amide bonds. The summed E-state index contributed by atoms with van der Waals surface area (Å²) in [7, 11) is 0. The summed E-state index contributed by atoms with van der Waals surface area (Å²) < 4.78 is 0. The van der Waals surface area contributed by atoms with Crippen LogP contribution in [0.2, 0.25) is 0 Å². The number of pyridine rings is 2. The first-order chi connectivity index (χ1) is 23.6. The molecule has 0 fully saturated rings. The van der Waals surface area contributed by atoms with Gasteiger partial charge in [-0.2, -0.15) is 5.26 Å². The molecule has 0 spiro atoms. The second kappa shape index (κ2) is 13.5. The summed E-state index contributed by atoms with van der Waals surface area (Å²) in [6, 6.07) is 48.8. The predicted molar refractivity (Wildman–Crippen MR) is 200 cm³/mol. The topological polar surface area (TPSA) is 49.6 Å². The van der Waals surface area contributed by atoms with Crippen LogP contribution in [0.15, 0.2) is 158 Å². The quantitative estimate of drug-likeness (QED) is 0.160. The number of hydrogen-bond acceptors (Lipinski definition) is 3. The lowest BCUT2D eigenvalue weighted by Crippen LogP contribution is -1.93. The molecule has 0 unspecified atom stereocenters. The van der Waals surface area contributed by atoms with Gasteiger partial charge in [-0.05, 0) is 111 Å². The number of aromatic nitrogens is 2. The highest BCUT2D eigenvalue weighted by Gasteiger charge is 2.13. The fraction of sp³-hybridized carbons (Fsp3) is 0.0444. The summed E-state index contributed by atoms with van der Waals surface area (Å²) in [6.45, 7) is 5.90. The second-order valence-electron chi connectivity index (χ2n) is 11.8. The summed E-state index contributed by atoms with van der Waals surface area (Å²) in [5.74, 6) is 0. The Kier molecular flexibility index (Phi) is 8.55. The van der Waals surface area contributed by atoms with Crippen LogP contribution in [0.3, 0.4) is 0 Å². The van der Waals surface area contributed by atoms with Crippen LogP contribution in [0.5, 0.6) is 0 Å². The standard InChI is InChI=1S/C45H33N3/c1-3-9-39-28-37(29-40(48-39)10-4-2)33-14-18-34(19-15-33)41-22-23-42(44-12-6-5-11-43(41)44)38-26-31(30-46)25-36(27-38)32-16-20-35(21-17-32)45-13-7-8-24-47-45/h3-8,10-29H,1,9H2,2H3/b10-4+. The molecule has 0 bridgehead atoms. The summed E-state index contributed by atoms with van der Waals surface area (Å²) in [5, 5.41) is 12.3. The van der Waals surface area contributed by atoms with E-state index >= 15 is 0 Å². The van der Waals surface area contributed by atoms with Crippen LogP contribution in [-0.4, -0.2) is 9.97 Å². The molecule has 7 rings (SSSR count). The lowest BCUT2D eigenvalue weighted by atomic mass is 9.89. The molecule has 0 saturated heterocycles. The van der Waals surface area contributed by atoms with Crippen molar-refractivity contribution < 1.29 is 0 Å². The van der Waals surface area contributed by atoms with E-state index < -0.39 is 0 Å². The summed E-state index contributed by atoms with van der Waals surface area (Å²) in [4.78, 5) is 9.22. The molecule has 0 N–H and O–H groups in total. The zero-order chi connectivity index (χ0) is 32.9. The van der Waals surface area contributed by atoms with Crippen LogP contribution in [0.4, 0.5) is 0 Å². The first-order valence-electron chi connectivity index (χ1n) is 16.1. The number of nitrogens with zero attached hydrogens (tertiary/aromatic N) is 3. The van der Waals surface area contributed by atoms with Gasteiger partial charge in [0, 0.05) is 23.9 Å². The van der Waals surface area contributed by atoms with Gasteiger partial charge >= 0.3 is 0 Å². The normalized spacial score (nSPS) is 11.1. The highest BCUT2D eigenvalue weighted by atomic mass is 14.7. The lowest BCUT2D eigenvalue weighted by molar-refractivity contribution is 1.10. The Balaban J connectivity index is 1.25. The second-order valence-corrected chi connectivity index (χ2v) is 11.8. The Morgan fingerprint density at radius 3 is 1.85 bits per heavy atom. The van der Waals surface area contributed by atoms with Gasteiger partial charge in [-0.25, -0.2) is 0 Å². The molecule has 0 aliphatic carbocycles. The molecule has 5 aromatic carbocycles. The van der Waals surface area contributed by atoms with E-state index in [1.807, 2.05) is 55.5 Å². The summed E-state index contributed by atoms with van der Waals surface area (Å²) >= 11 is 0. The minimum absolute atomic E-state index is 0.630. The predicted octanol–water partition coefficient (Wildman–Crippen LogP) is 11.6. The number of nitriles is 1. The van der Waals surface area contributed by atoms with E-state index in [9.17, 15) is 5.26 Å². The van der Waals surface area contributed by atoms with Crippen LogP contribution < -0.4 is 0 Å². The molecule has 2 heterocycles. The Morgan fingerprint density at radius 2 is 1.23 bits per heavy atom. The van der Waals surface area contributed by atoms with Crippen molar-refractivity contribution in [3.63, 3.8) is 0 Å². The van der Waals surface area contributed by atoms with Gasteiger partial charge in [-0.3, -0.25) is 9.97 Å². The van der Waals surface area contributed by atoms with Crippen LogP contribution in [0, 0.1) is 11.3 Å². The summed E-state index contributed by atoms with van der Waals surface area (Å²) in [6.07, 6.45) is 8.47. The Bertz CT molecular complexity index is 2330. The number of allylic oxidation sites excluding steroid dienone is 2. The third kappa shape index (κ3) is 6.20. The van der Waals surface area contributed by atoms with Gasteiger partial charge in [0.2, 0.25) is 0 Å². The molecular weight excluding hydrogens is 583 g/mol. The zero-order valence-electron chi connectivity index (χ0n) is 26.8. The fourth-order valence-corrected chi connectivity index (χ4v) is 6.31. The van der Waals surface area contributed by atoms with E-state index in [0.29, 0.717) is 5.56 Å². The van der Waals surface area contributed by atoms with Crippen molar-refractivity contribution in [2.45, 2.75) is 13.3 Å². The third-order valence-corrected chi connectivity index (χ3v) is 8.59. The van der Waals surface area contributed by atoms with Gasteiger partial charge in [0.25, 0.3) is 0 Å². The minimum atomic E-state index is 0.630. The Morgan fingerprint density at radius 1 is 0.625 bits per heavy atom. The van der Waals surface area contributed by atoms with Crippen molar-refractivity contribution in [2.24, 2.45) is 0 Å². The molecule has 7 aromatic rings. The molecule has 3 nitrogen and oxygen atoms in total. The van der Waals surface area contributed by atoms with E-state index in [1.165, 1.54) is 10.9 Å². The number of fused-ring (bicyclic) bond motifs is 1. The number of rotatable bonds is 8. The largest absolute Gasteiger partial charge is 0.256 e. The maximum absolute atomic E-state index is 10.00. The van der Waals surface area contributed by atoms with E-state index in [1.54, 1.807) is 6.20 Å². The molecule has 48 heavy (non-hydrogen) atoms. The average Bonchev–Trinajstić information content (AvgIpc) is 3.15. The molecule has 0 atom stereocenters. The van der Waals surface area contributed by atoms with Gasteiger partial charge in [-0.15, -0.1) is 6.58 Å². The van der Waals surface area contributed by atoms with Gasteiger partial charge in [-0.1, -0.05) is 103 Å². The zero-order valence-corrected chi connectivity index (χ0v) is 26.8. The molecule has 0 aliphatic rings. The summed E-state index contributed by atoms with van der Waals surface area (Å²) in [5.41, 5.74) is 13.3. The van der Waals surface area contributed by atoms with Crippen LogP contribution in [-0.2, 0) is 6.42 Å². The van der Waals surface area contributed by atoms with Gasteiger partial charge < -0.3 is 0 Å². The Hall–Kier alpha value is -6.37. The van der Waals surface area contributed by atoms with Crippen molar-refractivity contribution in [2.75, 3.05) is 0 Å². The maximum Gasteiger partial charge on any atom is 0.0992 e. The van der Waals surface area contributed by atoms with Crippen LogP contribution in [0.25, 0.3) is 72.6 Å². The van der Waals surface area contributed by atoms with Crippen LogP contribution >= 0.6 is 0 Å². The van der Waals surface area contributed by atoms with Gasteiger partial charge in [0.15, 0.2) is 0 Å². The molecule has 0 radical (unpaired) electrons. The first kappa shape index (κ1) is 30.3. The van der Waals surface area contributed by atoms with E-state index in [4.69, 9.17) is 4.98 Å². The SMILES string of the molecule is C=CCc1cc(-c2ccc(-c3ccc(-c4cc(C#N)cc(-c5ccc(-c6ccccn6)cc5)c4)c4ccccc34)cc2)cc(/C=C/C)n1. The number of benzene rings is 5. The van der Waals surface area contributed by atoms with Crippen molar-refractivity contribution >= 4 is 16.8 Å². The van der Waals surface area contributed by atoms with E-state index in [0.717, 1.165) is 73.4 Å². The average molecular weight is 616 g/mol. The van der Waals surface area contributed by atoms with Crippen molar-refractivity contribution in [3.8, 4) is 61.8 Å². The van der Waals surface area contributed by atoms with Crippen LogP contribution in [0.1, 0.15) is 23.9 Å². The van der Waals surface area contributed by atoms with Crippen molar-refractivity contribution in [1.29, 1.82) is 5.26 Å². The minimum Gasteiger partial charge on any atom is -0.256 e. The highest BCUT2D eigenvalue weighted by Crippen LogP contribution is 2.38. The smallest absolute Gasteiger partial charge is 0.0992 e. The van der Waals surface area contributed by atoms with E-state index in [-0.39, 0.29) is 0 Å². The fourth-order valence-electron chi connectivity index (χ4n) is 6.31. The van der Waals surface area contributed by atoms with Gasteiger partial charge in [0.1, 0.15) is 0 Å². The molecular formula is C45H33N3. The molecule has 3 heteroatoms. The Labute approximate surface area is 281 Å². The van der Waals surface area contributed by atoms with Crippen molar-refractivity contribution in [3.05, 3.63) is 175 Å². The monoisotopic (exact) mass is 615 g/mol. The van der Waals surface area contributed by atoms with E-state index in [2.05, 4.69) is 121 Å². The van der Waals surface area contributed by atoms with Gasteiger partial charge in [0.05, 0.1) is 23.0 Å². The molecule has 228 valence electrons. The first-order valence-corrected chi connectivity index (χ1v) is 16.1.